The van der Waals surface area contributed by atoms with Gasteiger partial charge in [-0.2, -0.15) is 0 Å². The number of sulfonamides is 1. The highest BCUT2D eigenvalue weighted by Gasteiger charge is 2.20. The molecule has 0 bridgehead atoms. The molecule has 19 heavy (non-hydrogen) atoms. The van der Waals surface area contributed by atoms with Gasteiger partial charge in [0.05, 0.1) is 0 Å². The van der Waals surface area contributed by atoms with Crippen LogP contribution < -0.4 is 10.0 Å². The second kappa shape index (κ2) is 6.86. The minimum atomic E-state index is -3.52. The van der Waals surface area contributed by atoms with Crippen LogP contribution in [0.1, 0.15) is 27.7 Å². The molecule has 0 saturated carbocycles. The first-order chi connectivity index (χ1) is 8.88. The Kier molecular flexibility index (Phi) is 5.75. The SMILES string of the molecule is CCNc1ncccc1S(=O)(=O)NCC(C)C(C)C. The summed E-state index contributed by atoms with van der Waals surface area (Å²) in [5.74, 6) is 1.12. The van der Waals surface area contributed by atoms with Crippen LogP contribution in [0.5, 0.6) is 0 Å². The zero-order chi connectivity index (χ0) is 14.5. The Balaban J connectivity index is 2.88. The molecular weight excluding hydrogens is 262 g/mol. The van der Waals surface area contributed by atoms with Crippen molar-refractivity contribution in [1.29, 1.82) is 0 Å². The fourth-order valence-corrected chi connectivity index (χ4v) is 2.74. The highest BCUT2D eigenvalue weighted by Crippen LogP contribution is 2.18. The highest BCUT2D eigenvalue weighted by atomic mass is 32.2. The van der Waals surface area contributed by atoms with Crippen LogP contribution in [0.15, 0.2) is 23.2 Å². The number of pyridine rings is 1. The summed E-state index contributed by atoms with van der Waals surface area (Å²) in [6.07, 6.45) is 1.58. The van der Waals surface area contributed by atoms with Crippen molar-refractivity contribution in [2.24, 2.45) is 11.8 Å². The first-order valence-corrected chi connectivity index (χ1v) is 8.05. The predicted octanol–water partition coefficient (Wildman–Crippen LogP) is 2.08. The van der Waals surface area contributed by atoms with Crippen molar-refractivity contribution in [2.75, 3.05) is 18.4 Å². The number of nitrogens with zero attached hydrogens (tertiary/aromatic N) is 1. The van der Waals surface area contributed by atoms with Crippen LogP contribution in [0.3, 0.4) is 0 Å². The zero-order valence-electron chi connectivity index (χ0n) is 12.0. The van der Waals surface area contributed by atoms with Gasteiger partial charge in [-0.15, -0.1) is 0 Å². The largest absolute Gasteiger partial charge is 0.369 e. The van der Waals surface area contributed by atoms with Crippen molar-refractivity contribution in [1.82, 2.24) is 9.71 Å². The lowest BCUT2D eigenvalue weighted by Gasteiger charge is -2.17. The van der Waals surface area contributed by atoms with Crippen LogP contribution in [0.4, 0.5) is 5.82 Å². The quantitative estimate of drug-likeness (QED) is 0.804. The number of rotatable bonds is 7. The Hall–Kier alpha value is -1.14. The molecule has 0 aliphatic carbocycles. The van der Waals surface area contributed by atoms with E-state index in [-0.39, 0.29) is 10.8 Å². The zero-order valence-corrected chi connectivity index (χ0v) is 12.8. The van der Waals surface area contributed by atoms with Crippen LogP contribution >= 0.6 is 0 Å². The van der Waals surface area contributed by atoms with Crippen molar-refractivity contribution < 1.29 is 8.42 Å². The summed E-state index contributed by atoms with van der Waals surface area (Å²) in [6, 6.07) is 3.19. The topological polar surface area (TPSA) is 71.1 Å². The molecule has 2 N–H and O–H groups in total. The van der Waals surface area contributed by atoms with E-state index in [9.17, 15) is 8.42 Å². The number of aromatic nitrogens is 1. The molecule has 5 nitrogen and oxygen atoms in total. The molecule has 0 aromatic carbocycles. The molecular formula is C13H23N3O2S. The van der Waals surface area contributed by atoms with Crippen molar-refractivity contribution >= 4 is 15.8 Å². The van der Waals surface area contributed by atoms with E-state index in [0.29, 0.717) is 24.8 Å². The smallest absolute Gasteiger partial charge is 0.244 e. The number of hydrogen-bond acceptors (Lipinski definition) is 4. The molecule has 1 aromatic heterocycles. The molecule has 0 amide bonds. The van der Waals surface area contributed by atoms with Crippen molar-refractivity contribution in [3.05, 3.63) is 18.3 Å². The van der Waals surface area contributed by atoms with Gasteiger partial charge in [0, 0.05) is 19.3 Å². The first-order valence-electron chi connectivity index (χ1n) is 6.57. The Morgan fingerprint density at radius 3 is 2.58 bits per heavy atom. The van der Waals surface area contributed by atoms with Gasteiger partial charge in [0.1, 0.15) is 10.7 Å². The third-order valence-corrected chi connectivity index (χ3v) is 4.59. The standard InChI is InChI=1S/C13H23N3O2S/c1-5-14-13-12(7-6-8-15-13)19(17,18)16-9-11(4)10(2)3/h6-8,10-11,16H,5,9H2,1-4H3,(H,14,15). The van der Waals surface area contributed by atoms with E-state index in [1.807, 2.05) is 13.8 Å². The van der Waals surface area contributed by atoms with Crippen LogP contribution in [-0.4, -0.2) is 26.5 Å². The second-order valence-electron chi connectivity index (χ2n) is 4.95. The monoisotopic (exact) mass is 285 g/mol. The van der Waals surface area contributed by atoms with Crippen LogP contribution in [0.25, 0.3) is 0 Å². The Morgan fingerprint density at radius 1 is 1.32 bits per heavy atom. The molecule has 0 spiro atoms. The van der Waals surface area contributed by atoms with Crippen molar-refractivity contribution in [2.45, 2.75) is 32.6 Å². The molecule has 0 aliphatic rings. The van der Waals surface area contributed by atoms with E-state index < -0.39 is 10.0 Å². The van der Waals surface area contributed by atoms with Gasteiger partial charge in [-0.1, -0.05) is 20.8 Å². The lowest BCUT2D eigenvalue weighted by molar-refractivity contribution is 0.414. The summed E-state index contributed by atoms with van der Waals surface area (Å²) in [5.41, 5.74) is 0. The minimum absolute atomic E-state index is 0.202. The van der Waals surface area contributed by atoms with Gasteiger partial charge in [-0.05, 0) is 30.9 Å². The average molecular weight is 285 g/mol. The molecule has 1 heterocycles. The van der Waals surface area contributed by atoms with E-state index in [2.05, 4.69) is 28.9 Å². The highest BCUT2D eigenvalue weighted by molar-refractivity contribution is 7.89. The Labute approximate surface area is 115 Å². The predicted molar refractivity (Wildman–Crippen MR) is 77.6 cm³/mol. The van der Waals surface area contributed by atoms with Gasteiger partial charge >= 0.3 is 0 Å². The fourth-order valence-electron chi connectivity index (χ4n) is 1.46. The maximum absolute atomic E-state index is 12.3. The molecule has 1 unspecified atom stereocenters. The Morgan fingerprint density at radius 2 is 2.00 bits per heavy atom. The number of anilines is 1. The van der Waals surface area contributed by atoms with E-state index in [0.717, 1.165) is 0 Å². The summed E-state index contributed by atoms with van der Waals surface area (Å²) in [7, 11) is -3.52. The lowest BCUT2D eigenvalue weighted by Crippen LogP contribution is -2.30. The van der Waals surface area contributed by atoms with E-state index in [1.165, 1.54) is 0 Å². The lowest BCUT2D eigenvalue weighted by atomic mass is 9.99. The van der Waals surface area contributed by atoms with E-state index in [1.54, 1.807) is 18.3 Å². The minimum Gasteiger partial charge on any atom is -0.369 e. The molecule has 0 aliphatic heterocycles. The van der Waals surface area contributed by atoms with Crippen molar-refractivity contribution in [3.63, 3.8) is 0 Å². The Bertz CT molecular complexity index is 500. The normalized spacial score (nSPS) is 13.5. The van der Waals surface area contributed by atoms with Crippen LogP contribution in [0.2, 0.25) is 0 Å². The third kappa shape index (κ3) is 4.47. The summed E-state index contributed by atoms with van der Waals surface area (Å²) >= 11 is 0. The first kappa shape index (κ1) is 15.9. The fraction of sp³-hybridized carbons (Fsp3) is 0.615. The van der Waals surface area contributed by atoms with Gasteiger partial charge in [-0.3, -0.25) is 0 Å². The molecule has 6 heteroatoms. The molecule has 1 aromatic rings. The van der Waals surface area contributed by atoms with Crippen LogP contribution in [-0.2, 0) is 10.0 Å². The van der Waals surface area contributed by atoms with Gasteiger partial charge in [0.25, 0.3) is 0 Å². The van der Waals surface area contributed by atoms with Gasteiger partial charge < -0.3 is 5.32 Å². The maximum Gasteiger partial charge on any atom is 0.244 e. The maximum atomic E-state index is 12.3. The van der Waals surface area contributed by atoms with Gasteiger partial charge in [-0.25, -0.2) is 18.1 Å². The molecule has 0 saturated heterocycles. The van der Waals surface area contributed by atoms with Crippen molar-refractivity contribution in [3.8, 4) is 0 Å². The average Bonchev–Trinajstić information content (AvgIpc) is 2.37. The summed E-state index contributed by atoms with van der Waals surface area (Å²) in [6.45, 7) is 9.14. The summed E-state index contributed by atoms with van der Waals surface area (Å²) in [5, 5.41) is 2.96. The van der Waals surface area contributed by atoms with Gasteiger partial charge in [0.2, 0.25) is 10.0 Å². The summed E-state index contributed by atoms with van der Waals surface area (Å²) in [4.78, 5) is 4.27. The number of nitrogens with one attached hydrogen (secondary N) is 2. The molecule has 0 radical (unpaired) electrons. The third-order valence-electron chi connectivity index (χ3n) is 3.14. The molecule has 1 atom stereocenters. The van der Waals surface area contributed by atoms with Crippen LogP contribution in [0, 0.1) is 11.8 Å². The number of hydrogen-bond donors (Lipinski definition) is 2. The molecule has 1 rings (SSSR count). The van der Waals surface area contributed by atoms with E-state index >= 15 is 0 Å². The molecule has 0 fully saturated rings. The van der Waals surface area contributed by atoms with E-state index in [4.69, 9.17) is 0 Å². The second-order valence-corrected chi connectivity index (χ2v) is 6.69. The van der Waals surface area contributed by atoms with Gasteiger partial charge in [0.15, 0.2) is 0 Å². The molecule has 108 valence electrons. The summed E-state index contributed by atoms with van der Waals surface area (Å²) < 4.78 is 27.2.